The van der Waals surface area contributed by atoms with Crippen LogP contribution in [0.25, 0.3) is 0 Å². The van der Waals surface area contributed by atoms with Crippen LogP contribution in [0.4, 0.5) is 10.5 Å². The Morgan fingerprint density at radius 3 is 2.89 bits per heavy atom. The second-order valence-corrected chi connectivity index (χ2v) is 4.91. The summed E-state index contributed by atoms with van der Waals surface area (Å²) in [5.74, 6) is -0.311. The van der Waals surface area contributed by atoms with Crippen molar-refractivity contribution in [3.05, 3.63) is 29.8 Å². The Balaban J connectivity index is 2.13. The summed E-state index contributed by atoms with van der Waals surface area (Å²) in [4.78, 5) is 24.3. The number of nitriles is 1. The van der Waals surface area contributed by atoms with E-state index in [1.54, 1.807) is 24.3 Å². The number of carbonyl (C=O) groups is 2. The monoisotopic (exact) mass is 277 g/mol. The van der Waals surface area contributed by atoms with Crippen LogP contribution in [0.5, 0.6) is 0 Å². The number of carboxylic acids is 1. The fourth-order valence-electron chi connectivity index (χ4n) is 1.72. The predicted molar refractivity (Wildman–Crippen MR) is 70.8 cm³/mol. The van der Waals surface area contributed by atoms with E-state index >= 15 is 0 Å². The van der Waals surface area contributed by atoms with Gasteiger partial charge in [-0.1, -0.05) is 12.1 Å². The summed E-state index contributed by atoms with van der Waals surface area (Å²) in [5, 5.41) is 20.5. The molecule has 2 amide bonds. The molecule has 1 aromatic rings. The highest BCUT2D eigenvalue weighted by Crippen LogP contribution is 2.23. The lowest BCUT2D eigenvalue weighted by atomic mass is 10.2. The molecule has 1 saturated heterocycles. The van der Waals surface area contributed by atoms with Crippen molar-refractivity contribution >= 4 is 29.4 Å². The lowest BCUT2D eigenvalue weighted by molar-refractivity contribution is -0.140. The van der Waals surface area contributed by atoms with Crippen LogP contribution in [-0.2, 0) is 4.79 Å². The molecule has 98 valence electrons. The maximum atomic E-state index is 12.0. The second kappa shape index (κ2) is 5.63. The Hall–Kier alpha value is -2.20. The highest BCUT2D eigenvalue weighted by Gasteiger charge is 2.34. The number of anilines is 1. The van der Waals surface area contributed by atoms with Crippen molar-refractivity contribution in [1.29, 1.82) is 5.26 Å². The molecule has 0 unspecified atom stereocenters. The van der Waals surface area contributed by atoms with Crippen LogP contribution in [0.3, 0.4) is 0 Å². The average Bonchev–Trinajstić information content (AvgIpc) is 2.88. The van der Waals surface area contributed by atoms with Crippen molar-refractivity contribution in [3.63, 3.8) is 0 Å². The van der Waals surface area contributed by atoms with Gasteiger partial charge in [-0.15, -0.1) is 11.8 Å². The van der Waals surface area contributed by atoms with E-state index < -0.39 is 18.0 Å². The summed E-state index contributed by atoms with van der Waals surface area (Å²) in [6, 6.07) is 7.24. The minimum absolute atomic E-state index is 0.331. The summed E-state index contributed by atoms with van der Waals surface area (Å²) in [7, 11) is 0. The highest BCUT2D eigenvalue weighted by atomic mass is 32.2. The molecule has 6 nitrogen and oxygen atoms in total. The smallest absolute Gasteiger partial charge is 0.327 e. The third kappa shape index (κ3) is 2.80. The molecule has 2 rings (SSSR count). The van der Waals surface area contributed by atoms with Crippen LogP contribution in [-0.4, -0.2) is 39.7 Å². The number of thioether (sulfide) groups is 1. The predicted octanol–water partition coefficient (Wildman–Crippen LogP) is 1.55. The number of carboxylic acid groups (broad SMARTS) is 1. The average molecular weight is 277 g/mol. The summed E-state index contributed by atoms with van der Waals surface area (Å²) >= 11 is 1.39. The van der Waals surface area contributed by atoms with Crippen LogP contribution < -0.4 is 5.32 Å². The Morgan fingerprint density at radius 2 is 2.21 bits per heavy atom. The van der Waals surface area contributed by atoms with Gasteiger partial charge >= 0.3 is 12.0 Å². The minimum Gasteiger partial charge on any atom is -0.480 e. The fraction of sp³-hybridized carbons (Fsp3) is 0.250. The number of benzene rings is 1. The molecule has 1 atom stereocenters. The van der Waals surface area contributed by atoms with E-state index in [9.17, 15) is 9.59 Å². The van der Waals surface area contributed by atoms with Crippen molar-refractivity contribution in [2.45, 2.75) is 6.04 Å². The Bertz CT molecular complexity index is 555. The highest BCUT2D eigenvalue weighted by molar-refractivity contribution is 7.99. The number of para-hydroxylation sites is 1. The van der Waals surface area contributed by atoms with Crippen LogP contribution in [0.15, 0.2) is 24.3 Å². The van der Waals surface area contributed by atoms with Gasteiger partial charge in [0.1, 0.15) is 12.1 Å². The zero-order valence-electron chi connectivity index (χ0n) is 9.87. The second-order valence-electron chi connectivity index (χ2n) is 3.91. The largest absolute Gasteiger partial charge is 0.480 e. The first-order chi connectivity index (χ1) is 9.13. The Morgan fingerprint density at radius 1 is 1.47 bits per heavy atom. The first kappa shape index (κ1) is 13.2. The van der Waals surface area contributed by atoms with Crippen LogP contribution in [0.1, 0.15) is 5.56 Å². The molecule has 0 aliphatic carbocycles. The standard InChI is InChI=1S/C12H11N3O3S/c13-5-8-3-1-2-4-9(8)14-12(18)15-7-19-6-10(15)11(16)17/h1-4,10H,6-7H2,(H,14,18)(H,16,17)/t10-/m0/s1. The van der Waals surface area contributed by atoms with Gasteiger partial charge in [0.05, 0.1) is 17.1 Å². The zero-order valence-corrected chi connectivity index (χ0v) is 10.7. The lowest BCUT2D eigenvalue weighted by Crippen LogP contribution is -2.44. The molecule has 0 spiro atoms. The number of carbonyl (C=O) groups excluding carboxylic acids is 1. The number of hydrogen-bond acceptors (Lipinski definition) is 4. The Labute approximate surface area is 114 Å². The van der Waals surface area contributed by atoms with Gasteiger partial charge in [0.2, 0.25) is 0 Å². The van der Waals surface area contributed by atoms with Crippen molar-refractivity contribution < 1.29 is 14.7 Å². The van der Waals surface area contributed by atoms with E-state index in [1.807, 2.05) is 6.07 Å². The topological polar surface area (TPSA) is 93.4 Å². The minimum atomic E-state index is -1.02. The fourth-order valence-corrected chi connectivity index (χ4v) is 2.87. The summed E-state index contributed by atoms with van der Waals surface area (Å²) in [6.45, 7) is 0. The summed E-state index contributed by atoms with van der Waals surface area (Å²) in [6.07, 6.45) is 0. The van der Waals surface area contributed by atoms with Gasteiger partial charge in [-0.3, -0.25) is 0 Å². The molecule has 1 aliphatic heterocycles. The lowest BCUT2D eigenvalue weighted by Gasteiger charge is -2.21. The van der Waals surface area contributed by atoms with E-state index in [1.165, 1.54) is 16.7 Å². The molecule has 1 aromatic carbocycles. The maximum absolute atomic E-state index is 12.0. The number of amides is 2. The first-order valence-electron chi connectivity index (χ1n) is 5.51. The Kier molecular flexibility index (Phi) is 3.92. The van der Waals surface area contributed by atoms with Gasteiger partial charge in [0, 0.05) is 5.75 Å². The van der Waals surface area contributed by atoms with E-state index in [4.69, 9.17) is 10.4 Å². The number of nitrogens with zero attached hydrogens (tertiary/aromatic N) is 2. The van der Waals surface area contributed by atoms with Crippen molar-refractivity contribution in [3.8, 4) is 6.07 Å². The van der Waals surface area contributed by atoms with E-state index in [0.29, 0.717) is 22.9 Å². The first-order valence-corrected chi connectivity index (χ1v) is 6.66. The van der Waals surface area contributed by atoms with Gasteiger partial charge in [-0.05, 0) is 12.1 Å². The molecule has 0 aromatic heterocycles. The number of rotatable bonds is 2. The molecular formula is C12H11N3O3S. The van der Waals surface area contributed by atoms with Crippen molar-refractivity contribution in [2.24, 2.45) is 0 Å². The van der Waals surface area contributed by atoms with E-state index in [0.717, 1.165) is 0 Å². The zero-order chi connectivity index (χ0) is 13.8. The summed E-state index contributed by atoms with van der Waals surface area (Å²) in [5.41, 5.74) is 0.727. The number of hydrogen-bond donors (Lipinski definition) is 2. The molecular weight excluding hydrogens is 266 g/mol. The normalized spacial score (nSPS) is 17.8. The third-order valence-corrected chi connectivity index (χ3v) is 3.73. The molecule has 0 radical (unpaired) electrons. The molecule has 1 aliphatic rings. The van der Waals surface area contributed by atoms with Crippen molar-refractivity contribution in [2.75, 3.05) is 16.9 Å². The third-order valence-electron chi connectivity index (χ3n) is 2.72. The molecule has 1 fully saturated rings. The van der Waals surface area contributed by atoms with Gasteiger partial charge in [0.25, 0.3) is 0 Å². The number of urea groups is 1. The maximum Gasteiger partial charge on any atom is 0.327 e. The quantitative estimate of drug-likeness (QED) is 0.855. The van der Waals surface area contributed by atoms with Gasteiger partial charge in [-0.2, -0.15) is 5.26 Å². The van der Waals surface area contributed by atoms with Crippen LogP contribution in [0.2, 0.25) is 0 Å². The molecule has 0 saturated carbocycles. The SMILES string of the molecule is N#Cc1ccccc1NC(=O)N1CSC[C@H]1C(=O)O. The molecule has 0 bridgehead atoms. The van der Waals surface area contributed by atoms with Crippen LogP contribution in [0, 0.1) is 11.3 Å². The number of nitrogens with one attached hydrogen (secondary N) is 1. The van der Waals surface area contributed by atoms with Crippen LogP contribution >= 0.6 is 11.8 Å². The van der Waals surface area contributed by atoms with E-state index in [-0.39, 0.29) is 0 Å². The summed E-state index contributed by atoms with van der Waals surface area (Å²) < 4.78 is 0. The number of aliphatic carboxylic acids is 1. The van der Waals surface area contributed by atoms with Crippen molar-refractivity contribution in [1.82, 2.24) is 4.90 Å². The molecule has 2 N–H and O–H groups in total. The molecule has 7 heteroatoms. The molecule has 19 heavy (non-hydrogen) atoms. The van der Waals surface area contributed by atoms with E-state index in [2.05, 4.69) is 5.32 Å². The van der Waals surface area contributed by atoms with Gasteiger partial charge in [-0.25, -0.2) is 9.59 Å². The van der Waals surface area contributed by atoms with Gasteiger partial charge in [0.15, 0.2) is 0 Å². The van der Waals surface area contributed by atoms with Gasteiger partial charge < -0.3 is 15.3 Å². The molecule has 1 heterocycles.